The van der Waals surface area contributed by atoms with Gasteiger partial charge in [-0.15, -0.1) is 0 Å². The summed E-state index contributed by atoms with van der Waals surface area (Å²) in [5.74, 6) is -0.533. The Kier molecular flexibility index (Phi) is 5.79. The third-order valence-corrected chi connectivity index (χ3v) is 4.79. The van der Waals surface area contributed by atoms with Gasteiger partial charge in [-0.05, 0) is 55.0 Å². The number of anilines is 2. The van der Waals surface area contributed by atoms with Gasteiger partial charge in [0.1, 0.15) is 0 Å². The minimum absolute atomic E-state index is 0.216. The number of nitrogens with one attached hydrogen (secondary N) is 2. The second-order valence-electron chi connectivity index (χ2n) is 5.88. The first-order valence-corrected chi connectivity index (χ1v) is 8.93. The first-order chi connectivity index (χ1) is 13.0. The van der Waals surface area contributed by atoms with Gasteiger partial charge in [-0.1, -0.05) is 47.5 Å². The number of halogens is 2. The molecule has 0 aliphatic rings. The molecule has 0 unspecified atom stereocenters. The van der Waals surface area contributed by atoms with E-state index < -0.39 is 0 Å². The molecule has 0 fully saturated rings. The molecular weight excluding hydrogens is 383 g/mol. The summed E-state index contributed by atoms with van der Waals surface area (Å²) in [5.41, 5.74) is 2.91. The summed E-state index contributed by atoms with van der Waals surface area (Å²) < 4.78 is 0. The highest BCUT2D eigenvalue weighted by Gasteiger charge is 2.13. The summed E-state index contributed by atoms with van der Waals surface area (Å²) in [4.78, 5) is 24.8. The molecule has 2 amide bonds. The number of hydrogen-bond acceptors (Lipinski definition) is 2. The normalized spacial score (nSPS) is 10.3. The van der Waals surface area contributed by atoms with Crippen molar-refractivity contribution in [1.82, 2.24) is 0 Å². The third kappa shape index (κ3) is 4.48. The van der Waals surface area contributed by atoms with Gasteiger partial charge < -0.3 is 10.6 Å². The molecule has 0 saturated carbocycles. The van der Waals surface area contributed by atoms with E-state index in [2.05, 4.69) is 10.6 Å². The van der Waals surface area contributed by atoms with Gasteiger partial charge >= 0.3 is 0 Å². The molecule has 0 aromatic heterocycles. The van der Waals surface area contributed by atoms with E-state index in [0.29, 0.717) is 32.5 Å². The summed E-state index contributed by atoms with van der Waals surface area (Å²) in [6, 6.07) is 18.9. The fourth-order valence-corrected chi connectivity index (χ4v) is 2.82. The standard InChI is InChI=1S/C21H16Cl2N2O2/c1-13-18(24-20(26)14-6-3-2-4-7-14)8-5-9-19(13)25-21(27)15-10-11-16(22)17(23)12-15/h2-12H,1H3,(H,24,26)(H,25,27). The van der Waals surface area contributed by atoms with E-state index in [9.17, 15) is 9.59 Å². The second-order valence-corrected chi connectivity index (χ2v) is 6.70. The van der Waals surface area contributed by atoms with Gasteiger partial charge in [0.15, 0.2) is 0 Å². The van der Waals surface area contributed by atoms with E-state index in [4.69, 9.17) is 23.2 Å². The molecule has 0 bridgehead atoms. The van der Waals surface area contributed by atoms with Crippen LogP contribution >= 0.6 is 23.2 Å². The van der Waals surface area contributed by atoms with Gasteiger partial charge in [0.25, 0.3) is 11.8 Å². The van der Waals surface area contributed by atoms with E-state index in [1.807, 2.05) is 13.0 Å². The van der Waals surface area contributed by atoms with Crippen molar-refractivity contribution < 1.29 is 9.59 Å². The lowest BCUT2D eigenvalue weighted by Gasteiger charge is -2.14. The van der Waals surface area contributed by atoms with E-state index in [0.717, 1.165) is 5.56 Å². The molecule has 6 heteroatoms. The summed E-state index contributed by atoms with van der Waals surface area (Å²) in [7, 11) is 0. The average molecular weight is 399 g/mol. The summed E-state index contributed by atoms with van der Waals surface area (Å²) >= 11 is 11.9. The number of rotatable bonds is 4. The number of carbonyl (C=O) groups excluding carboxylic acids is 2. The van der Waals surface area contributed by atoms with Crippen LogP contribution in [0.1, 0.15) is 26.3 Å². The molecule has 4 nitrogen and oxygen atoms in total. The lowest BCUT2D eigenvalue weighted by molar-refractivity contribution is 0.101. The SMILES string of the molecule is Cc1c(NC(=O)c2ccccc2)cccc1NC(=O)c1ccc(Cl)c(Cl)c1. The molecule has 0 radical (unpaired) electrons. The Bertz CT molecular complexity index is 1000. The van der Waals surface area contributed by atoms with Crippen molar-refractivity contribution in [1.29, 1.82) is 0 Å². The average Bonchev–Trinajstić information content (AvgIpc) is 2.67. The van der Waals surface area contributed by atoms with Crippen LogP contribution in [0.25, 0.3) is 0 Å². The van der Waals surface area contributed by atoms with E-state index in [1.165, 1.54) is 6.07 Å². The van der Waals surface area contributed by atoms with Crippen LogP contribution < -0.4 is 10.6 Å². The molecule has 136 valence electrons. The molecule has 0 saturated heterocycles. The molecule has 0 aliphatic heterocycles. The fourth-order valence-electron chi connectivity index (χ4n) is 2.52. The maximum absolute atomic E-state index is 12.5. The zero-order chi connectivity index (χ0) is 19.4. The lowest BCUT2D eigenvalue weighted by atomic mass is 10.1. The quantitative estimate of drug-likeness (QED) is 0.582. The van der Waals surface area contributed by atoms with Gasteiger partial charge in [0.05, 0.1) is 10.0 Å². The molecule has 0 spiro atoms. The highest BCUT2D eigenvalue weighted by molar-refractivity contribution is 6.42. The monoisotopic (exact) mass is 398 g/mol. The van der Waals surface area contributed by atoms with Crippen molar-refractivity contribution in [3.8, 4) is 0 Å². The third-order valence-electron chi connectivity index (χ3n) is 4.05. The Labute approximate surface area is 167 Å². The molecule has 27 heavy (non-hydrogen) atoms. The van der Waals surface area contributed by atoms with Crippen LogP contribution in [0, 0.1) is 6.92 Å². The molecule has 0 heterocycles. The van der Waals surface area contributed by atoms with Gasteiger partial charge in [0, 0.05) is 22.5 Å². The van der Waals surface area contributed by atoms with Crippen molar-refractivity contribution in [2.45, 2.75) is 6.92 Å². The largest absolute Gasteiger partial charge is 0.322 e. The van der Waals surface area contributed by atoms with Gasteiger partial charge in [-0.2, -0.15) is 0 Å². The minimum Gasteiger partial charge on any atom is -0.322 e. The number of amides is 2. The first-order valence-electron chi connectivity index (χ1n) is 8.18. The van der Waals surface area contributed by atoms with Crippen molar-refractivity contribution >= 4 is 46.4 Å². The molecule has 3 aromatic rings. The predicted octanol–water partition coefficient (Wildman–Crippen LogP) is 5.81. The van der Waals surface area contributed by atoms with Crippen molar-refractivity contribution in [2.24, 2.45) is 0 Å². The molecule has 0 atom stereocenters. The molecule has 2 N–H and O–H groups in total. The zero-order valence-electron chi connectivity index (χ0n) is 14.4. The predicted molar refractivity (Wildman–Crippen MR) is 110 cm³/mol. The van der Waals surface area contributed by atoms with Crippen LogP contribution in [0.15, 0.2) is 66.7 Å². The first kappa shape index (κ1) is 19.0. The van der Waals surface area contributed by atoms with Crippen LogP contribution in [0.4, 0.5) is 11.4 Å². The van der Waals surface area contributed by atoms with E-state index in [-0.39, 0.29) is 11.8 Å². The van der Waals surface area contributed by atoms with Crippen LogP contribution in [-0.2, 0) is 0 Å². The number of carbonyl (C=O) groups is 2. The molecule has 3 rings (SSSR count). The fraction of sp³-hybridized carbons (Fsp3) is 0.0476. The Morgan fingerprint density at radius 1 is 0.704 bits per heavy atom. The minimum atomic E-state index is -0.316. The van der Waals surface area contributed by atoms with Crippen LogP contribution in [0.2, 0.25) is 10.0 Å². The number of hydrogen-bond donors (Lipinski definition) is 2. The topological polar surface area (TPSA) is 58.2 Å². The Morgan fingerprint density at radius 2 is 1.30 bits per heavy atom. The van der Waals surface area contributed by atoms with Crippen molar-refractivity contribution in [3.05, 3.63) is 93.5 Å². The summed E-state index contributed by atoms with van der Waals surface area (Å²) in [6.07, 6.45) is 0. The van der Waals surface area contributed by atoms with Crippen molar-refractivity contribution in [3.63, 3.8) is 0 Å². The van der Waals surface area contributed by atoms with E-state index >= 15 is 0 Å². The van der Waals surface area contributed by atoms with Gasteiger partial charge in [-0.3, -0.25) is 9.59 Å². The van der Waals surface area contributed by atoms with Crippen LogP contribution in [-0.4, -0.2) is 11.8 Å². The summed E-state index contributed by atoms with van der Waals surface area (Å²) in [6.45, 7) is 1.82. The van der Waals surface area contributed by atoms with Crippen LogP contribution in [0.3, 0.4) is 0 Å². The van der Waals surface area contributed by atoms with Gasteiger partial charge in [-0.25, -0.2) is 0 Å². The molecule has 0 aliphatic carbocycles. The highest BCUT2D eigenvalue weighted by atomic mass is 35.5. The highest BCUT2D eigenvalue weighted by Crippen LogP contribution is 2.26. The Balaban J connectivity index is 1.79. The molecular formula is C21H16Cl2N2O2. The maximum atomic E-state index is 12.5. The Hall–Kier alpha value is -2.82. The Morgan fingerprint density at radius 3 is 1.89 bits per heavy atom. The van der Waals surface area contributed by atoms with E-state index in [1.54, 1.807) is 54.6 Å². The maximum Gasteiger partial charge on any atom is 0.255 e. The number of benzene rings is 3. The van der Waals surface area contributed by atoms with Crippen molar-refractivity contribution in [2.75, 3.05) is 10.6 Å². The second kappa shape index (κ2) is 8.25. The van der Waals surface area contributed by atoms with Crippen LogP contribution in [0.5, 0.6) is 0 Å². The zero-order valence-corrected chi connectivity index (χ0v) is 15.9. The molecule has 3 aromatic carbocycles. The smallest absolute Gasteiger partial charge is 0.255 e. The lowest BCUT2D eigenvalue weighted by Crippen LogP contribution is -2.15. The summed E-state index contributed by atoms with van der Waals surface area (Å²) in [5, 5.41) is 6.40. The van der Waals surface area contributed by atoms with Gasteiger partial charge in [0.2, 0.25) is 0 Å².